The fourth-order valence-corrected chi connectivity index (χ4v) is 2.71. The molecule has 108 valence electrons. The van der Waals surface area contributed by atoms with Gasteiger partial charge in [-0.25, -0.2) is 4.98 Å². The van der Waals surface area contributed by atoms with Gasteiger partial charge in [-0.3, -0.25) is 0 Å². The zero-order chi connectivity index (χ0) is 14.1. The number of aliphatic hydroxyl groups is 1. The van der Waals surface area contributed by atoms with Crippen LogP contribution >= 0.6 is 0 Å². The van der Waals surface area contributed by atoms with E-state index in [0.717, 1.165) is 30.5 Å². The molecule has 0 amide bonds. The highest BCUT2D eigenvalue weighted by Gasteiger charge is 2.36. The number of aromatic nitrogens is 2. The van der Waals surface area contributed by atoms with E-state index in [1.165, 1.54) is 6.42 Å². The van der Waals surface area contributed by atoms with Crippen molar-refractivity contribution >= 4 is 0 Å². The Morgan fingerprint density at radius 2 is 2.30 bits per heavy atom. The van der Waals surface area contributed by atoms with E-state index in [1.807, 2.05) is 18.3 Å². The molecule has 2 aromatic rings. The maximum Gasteiger partial charge on any atom is 0.133 e. The van der Waals surface area contributed by atoms with Gasteiger partial charge in [0.15, 0.2) is 0 Å². The molecular weight excluding hydrogens is 252 g/mol. The molecule has 3 atom stereocenters. The van der Waals surface area contributed by atoms with Crippen molar-refractivity contribution in [2.45, 2.75) is 51.7 Å². The van der Waals surface area contributed by atoms with Gasteiger partial charge in [0.25, 0.3) is 0 Å². The highest BCUT2D eigenvalue weighted by Crippen LogP contribution is 2.47. The van der Waals surface area contributed by atoms with Crippen LogP contribution in [0, 0.1) is 5.92 Å². The van der Waals surface area contributed by atoms with Gasteiger partial charge in [-0.05, 0) is 30.9 Å². The van der Waals surface area contributed by atoms with Gasteiger partial charge in [0.2, 0.25) is 0 Å². The predicted octanol–water partition coefficient (Wildman–Crippen LogP) is 3.29. The van der Waals surface area contributed by atoms with Crippen molar-refractivity contribution in [2.24, 2.45) is 5.92 Å². The van der Waals surface area contributed by atoms with Gasteiger partial charge in [-0.1, -0.05) is 13.8 Å². The van der Waals surface area contributed by atoms with E-state index < -0.39 is 6.10 Å². The van der Waals surface area contributed by atoms with Crippen molar-refractivity contribution in [1.29, 1.82) is 0 Å². The van der Waals surface area contributed by atoms with Gasteiger partial charge in [0.1, 0.15) is 23.4 Å². The van der Waals surface area contributed by atoms with Crippen LogP contribution in [-0.4, -0.2) is 14.7 Å². The number of furan rings is 1. The lowest BCUT2D eigenvalue weighted by Crippen LogP contribution is -2.08. The summed E-state index contributed by atoms with van der Waals surface area (Å²) in [5.41, 5.74) is 0. The van der Waals surface area contributed by atoms with Crippen molar-refractivity contribution in [3.63, 3.8) is 0 Å². The van der Waals surface area contributed by atoms with E-state index in [9.17, 15) is 5.11 Å². The van der Waals surface area contributed by atoms with E-state index in [4.69, 9.17) is 4.42 Å². The summed E-state index contributed by atoms with van der Waals surface area (Å²) < 4.78 is 7.89. The molecule has 2 aromatic heterocycles. The molecule has 0 spiro atoms. The second-order valence-corrected chi connectivity index (χ2v) is 5.82. The molecule has 0 saturated heterocycles. The number of hydrogen-bond acceptors (Lipinski definition) is 3. The van der Waals surface area contributed by atoms with Crippen LogP contribution in [0.5, 0.6) is 0 Å². The van der Waals surface area contributed by atoms with E-state index in [2.05, 4.69) is 23.4 Å². The molecule has 1 saturated carbocycles. The SMILES string of the molecule is CCCn1ccnc1CC(O)c1ccc(C2CC2C)o1. The third-order valence-electron chi connectivity index (χ3n) is 4.09. The summed E-state index contributed by atoms with van der Waals surface area (Å²) >= 11 is 0. The Kier molecular flexibility index (Phi) is 3.66. The minimum atomic E-state index is -0.615. The standard InChI is InChI=1S/C16H22N2O2/c1-3-7-18-8-6-17-16(18)10-13(19)15-5-4-14(20-15)12-9-11(12)2/h4-6,8,11-13,19H,3,7,9-10H2,1-2H3. The lowest BCUT2D eigenvalue weighted by Gasteiger charge is -2.10. The minimum absolute atomic E-state index is 0.500. The zero-order valence-corrected chi connectivity index (χ0v) is 12.1. The fraction of sp³-hybridized carbons (Fsp3) is 0.562. The first kappa shape index (κ1) is 13.4. The van der Waals surface area contributed by atoms with Crippen LogP contribution in [0.2, 0.25) is 0 Å². The first-order valence-corrected chi connectivity index (χ1v) is 7.46. The third kappa shape index (κ3) is 2.66. The van der Waals surface area contributed by atoms with E-state index >= 15 is 0 Å². The highest BCUT2D eigenvalue weighted by molar-refractivity contribution is 5.19. The number of nitrogens with zero attached hydrogens (tertiary/aromatic N) is 2. The highest BCUT2D eigenvalue weighted by atomic mass is 16.4. The maximum atomic E-state index is 10.3. The average Bonchev–Trinajstić information content (AvgIpc) is 2.83. The normalized spacial score (nSPS) is 22.9. The lowest BCUT2D eigenvalue weighted by molar-refractivity contribution is 0.144. The number of aliphatic hydroxyl groups excluding tert-OH is 1. The summed E-state index contributed by atoms with van der Waals surface area (Å²) in [4.78, 5) is 4.33. The van der Waals surface area contributed by atoms with Crippen LogP contribution in [0.4, 0.5) is 0 Å². The summed E-state index contributed by atoms with van der Waals surface area (Å²) in [6.07, 6.45) is 5.90. The van der Waals surface area contributed by atoms with E-state index in [1.54, 1.807) is 6.20 Å². The van der Waals surface area contributed by atoms with Crippen molar-refractivity contribution in [3.8, 4) is 0 Å². The van der Waals surface area contributed by atoms with Crippen molar-refractivity contribution < 1.29 is 9.52 Å². The molecule has 1 aliphatic carbocycles. The molecule has 3 rings (SSSR count). The first-order chi connectivity index (χ1) is 9.69. The predicted molar refractivity (Wildman–Crippen MR) is 76.4 cm³/mol. The number of rotatable bonds is 6. The summed E-state index contributed by atoms with van der Waals surface area (Å²) in [6.45, 7) is 5.30. The Balaban J connectivity index is 1.67. The van der Waals surface area contributed by atoms with Gasteiger partial charge in [0, 0.05) is 31.3 Å². The second kappa shape index (κ2) is 5.44. The van der Waals surface area contributed by atoms with Crippen LogP contribution < -0.4 is 0 Å². The van der Waals surface area contributed by atoms with Gasteiger partial charge in [-0.15, -0.1) is 0 Å². The van der Waals surface area contributed by atoms with Gasteiger partial charge in [0.05, 0.1) is 0 Å². The molecule has 0 aliphatic heterocycles. The topological polar surface area (TPSA) is 51.2 Å². The average molecular weight is 274 g/mol. The number of imidazole rings is 1. The van der Waals surface area contributed by atoms with Gasteiger partial charge < -0.3 is 14.1 Å². The van der Waals surface area contributed by atoms with Crippen molar-refractivity contribution in [3.05, 3.63) is 41.9 Å². The van der Waals surface area contributed by atoms with Crippen LogP contribution in [0.25, 0.3) is 0 Å². The summed E-state index contributed by atoms with van der Waals surface area (Å²) in [5, 5.41) is 10.3. The Morgan fingerprint density at radius 1 is 1.50 bits per heavy atom. The molecule has 0 aromatic carbocycles. The summed E-state index contributed by atoms with van der Waals surface area (Å²) in [6, 6.07) is 3.91. The maximum absolute atomic E-state index is 10.3. The number of hydrogen-bond donors (Lipinski definition) is 1. The Hall–Kier alpha value is -1.55. The molecule has 0 bridgehead atoms. The monoisotopic (exact) mass is 274 g/mol. The fourth-order valence-electron chi connectivity index (χ4n) is 2.71. The van der Waals surface area contributed by atoms with Crippen LogP contribution in [0.3, 0.4) is 0 Å². The Labute approximate surface area is 119 Å². The van der Waals surface area contributed by atoms with Gasteiger partial charge in [-0.2, -0.15) is 0 Å². The van der Waals surface area contributed by atoms with Crippen LogP contribution in [0.1, 0.15) is 56.1 Å². The molecule has 1 N–H and O–H groups in total. The zero-order valence-electron chi connectivity index (χ0n) is 12.1. The van der Waals surface area contributed by atoms with Crippen molar-refractivity contribution in [2.75, 3.05) is 0 Å². The smallest absolute Gasteiger partial charge is 0.133 e. The molecule has 0 radical (unpaired) electrons. The quantitative estimate of drug-likeness (QED) is 0.879. The summed E-state index contributed by atoms with van der Waals surface area (Å²) in [5.74, 6) is 3.86. The molecule has 1 aliphatic rings. The molecule has 1 fully saturated rings. The second-order valence-electron chi connectivity index (χ2n) is 5.82. The molecule has 20 heavy (non-hydrogen) atoms. The lowest BCUT2D eigenvalue weighted by atomic mass is 10.2. The minimum Gasteiger partial charge on any atom is -0.463 e. The molecular formula is C16H22N2O2. The van der Waals surface area contributed by atoms with Crippen molar-refractivity contribution in [1.82, 2.24) is 9.55 Å². The largest absolute Gasteiger partial charge is 0.463 e. The number of aryl methyl sites for hydroxylation is 1. The molecule has 3 unspecified atom stereocenters. The molecule has 2 heterocycles. The van der Waals surface area contributed by atoms with E-state index in [-0.39, 0.29) is 0 Å². The van der Waals surface area contributed by atoms with Crippen LogP contribution in [-0.2, 0) is 13.0 Å². The Morgan fingerprint density at radius 3 is 3.00 bits per heavy atom. The van der Waals surface area contributed by atoms with E-state index in [0.29, 0.717) is 18.1 Å². The van der Waals surface area contributed by atoms with Crippen LogP contribution in [0.15, 0.2) is 28.9 Å². The first-order valence-electron chi connectivity index (χ1n) is 7.46. The Bertz CT molecular complexity index is 573. The molecule has 4 heteroatoms. The van der Waals surface area contributed by atoms with Gasteiger partial charge >= 0.3 is 0 Å². The summed E-state index contributed by atoms with van der Waals surface area (Å²) in [7, 11) is 0. The third-order valence-corrected chi connectivity index (χ3v) is 4.09. The molecule has 4 nitrogen and oxygen atoms in total.